The highest BCUT2D eigenvalue weighted by atomic mass is 16.6. The number of esters is 6. The van der Waals surface area contributed by atoms with Crippen LogP contribution >= 0.6 is 0 Å². The van der Waals surface area contributed by atoms with Gasteiger partial charge in [-0.25, -0.2) is 38.7 Å². The zero-order valence-electron chi connectivity index (χ0n) is 59.0. The number of carbonyl (C=O) groups is 9. The molecule has 3 amide bonds. The van der Waals surface area contributed by atoms with Crippen LogP contribution < -0.4 is 20.9 Å². The number of nitrogens with one attached hydrogen (secondary N) is 3. The average Bonchev–Trinajstić information content (AvgIpc) is 0.777. The lowest BCUT2D eigenvalue weighted by Gasteiger charge is -2.26. The maximum absolute atomic E-state index is 13.3. The first kappa shape index (κ1) is 76.4. The van der Waals surface area contributed by atoms with Crippen molar-refractivity contribution in [3.63, 3.8) is 0 Å². The van der Waals surface area contributed by atoms with E-state index in [4.69, 9.17) is 52.6 Å². The van der Waals surface area contributed by atoms with Crippen molar-refractivity contribution in [2.45, 2.75) is 235 Å². The topological polar surface area (TPSA) is 302 Å². The molecule has 24 nitrogen and oxygen atoms in total. The summed E-state index contributed by atoms with van der Waals surface area (Å²) in [6, 6.07) is 26.5. The molecule has 6 aromatic rings. The monoisotopic (exact) mass is 1340 g/mol. The third kappa shape index (κ3) is 26.5. The van der Waals surface area contributed by atoms with Crippen molar-refractivity contribution in [1.29, 1.82) is 0 Å². The summed E-state index contributed by atoms with van der Waals surface area (Å²) in [5.74, 6) is -4.12. The van der Waals surface area contributed by atoms with Crippen LogP contribution in [-0.2, 0) is 91.2 Å². The van der Waals surface area contributed by atoms with Crippen LogP contribution in [0, 0.1) is 0 Å². The van der Waals surface area contributed by atoms with E-state index >= 15 is 0 Å². The summed E-state index contributed by atoms with van der Waals surface area (Å²) in [5.41, 5.74) is -0.547. The minimum atomic E-state index is -1.20. The van der Waals surface area contributed by atoms with Crippen LogP contribution in [0.5, 0.6) is 0 Å². The highest BCUT2D eigenvalue weighted by Gasteiger charge is 2.33. The molecule has 6 rings (SSSR count). The molecule has 97 heavy (non-hydrogen) atoms. The molecule has 0 aliphatic heterocycles. The number of pyridine rings is 2. The Morgan fingerprint density at radius 2 is 0.649 bits per heavy atom. The number of carbonyl (C=O) groups excluding carboxylic acids is 9. The summed E-state index contributed by atoms with van der Waals surface area (Å²) in [6.07, 6.45) is -3.63. The van der Waals surface area contributed by atoms with Gasteiger partial charge in [0.15, 0.2) is 0 Å². The van der Waals surface area contributed by atoms with Gasteiger partial charge in [-0.3, -0.25) is 14.4 Å². The second kappa shape index (κ2) is 32.0. The van der Waals surface area contributed by atoms with Crippen LogP contribution in [0.2, 0.25) is 0 Å². The fourth-order valence-electron chi connectivity index (χ4n) is 9.38. The molecular formula is C73H94N6O18. The number of alkyl carbamates (subject to hydrolysis) is 3. The lowest BCUT2D eigenvalue weighted by Crippen LogP contribution is -2.46. The van der Waals surface area contributed by atoms with E-state index in [1.807, 2.05) is 89.8 Å². The van der Waals surface area contributed by atoms with Gasteiger partial charge >= 0.3 is 54.1 Å². The zero-order chi connectivity index (χ0) is 72.0. The summed E-state index contributed by atoms with van der Waals surface area (Å²) in [6.45, 7) is 29.8. The molecular weight excluding hydrogens is 1250 g/mol. The van der Waals surface area contributed by atoms with Crippen molar-refractivity contribution >= 4 is 104 Å². The summed E-state index contributed by atoms with van der Waals surface area (Å²) < 4.78 is 49.8. The molecule has 4 aromatic carbocycles. The second-order valence-corrected chi connectivity index (χ2v) is 29.4. The number of fused-ring (bicyclic) bond motifs is 3. The Morgan fingerprint density at radius 1 is 0.351 bits per heavy atom. The van der Waals surface area contributed by atoms with E-state index in [9.17, 15) is 43.2 Å². The number of nitrogens with zero attached hydrogens (tertiary/aromatic N) is 3. The Labute approximate surface area is 566 Å². The van der Waals surface area contributed by atoms with E-state index in [0.29, 0.717) is 45.0 Å². The summed E-state index contributed by atoms with van der Waals surface area (Å²) in [5, 5.41) is 10.8. The van der Waals surface area contributed by atoms with Crippen molar-refractivity contribution in [3.05, 3.63) is 114 Å². The molecule has 2 aromatic heterocycles. The van der Waals surface area contributed by atoms with Crippen LogP contribution in [0.4, 0.5) is 31.4 Å². The fourth-order valence-corrected chi connectivity index (χ4v) is 9.38. The summed E-state index contributed by atoms with van der Waals surface area (Å²) in [4.78, 5) is 129. The highest BCUT2D eigenvalue weighted by Crippen LogP contribution is 2.39. The Balaban J connectivity index is 1.28. The van der Waals surface area contributed by atoms with Crippen LogP contribution in [0.3, 0.4) is 0 Å². The quantitative estimate of drug-likeness (QED) is 0.0374. The third-order valence-corrected chi connectivity index (χ3v) is 13.3. The van der Waals surface area contributed by atoms with Gasteiger partial charge < -0.3 is 63.5 Å². The van der Waals surface area contributed by atoms with Crippen molar-refractivity contribution in [2.24, 2.45) is 0 Å². The SMILES string of the molecule is CC(C)(C)OC(=O)N[C@@H](CCC(=O)OCc1ccc2ccc(N(c3ccc4ccc(COC(=O)CC[C@H](NC(=O)OC(C)(C)C)C(=O)OC(C)(C)C)nc4c3)c3ccc4ccc(COC(=O)CC[C@H](NC(=O)OC(C)(C)C)C(=O)OC(C)(C)C)nc4c3)cc2c1)C(=O)OC(C)(C)C. The number of hydrogen-bond donors (Lipinski definition) is 3. The standard InChI is InChI=1S/C73H94N6O18/c1-68(2,3)92-62(83)54(76-65(86)95-71(10,11)12)31-34-59(80)89-41-44-19-20-45-23-28-51(38-48(45)37-44)79(52-29-24-46-21-26-49(74-57(46)39-52)42-90-60(81)35-32-55(63(84)93-69(4,5)6)77-66(87)96-72(13,14)15)53-30-25-47-22-27-50(75-58(47)40-53)43-91-61(82)36-33-56(64(85)94-70(7,8)9)78-67(88)97-73(16,17)18/h19-30,37-40,54-56H,31-36,41-43H2,1-18H3,(H,76,86)(H,77,87)(H,78,88)/t54-,55-,56-/m0/s1. The minimum Gasteiger partial charge on any atom is -0.461 e. The minimum absolute atomic E-state index is 0.114. The molecule has 0 spiro atoms. The van der Waals surface area contributed by atoms with Gasteiger partial charge in [-0.05, 0) is 215 Å². The van der Waals surface area contributed by atoms with E-state index in [1.165, 1.54) is 0 Å². The largest absolute Gasteiger partial charge is 0.461 e. The van der Waals surface area contributed by atoms with Gasteiger partial charge in [0.25, 0.3) is 0 Å². The van der Waals surface area contributed by atoms with Crippen LogP contribution in [0.25, 0.3) is 32.6 Å². The van der Waals surface area contributed by atoms with Crippen molar-refractivity contribution in [3.8, 4) is 0 Å². The Kier molecular flexibility index (Phi) is 25.2. The molecule has 0 aliphatic carbocycles. The van der Waals surface area contributed by atoms with E-state index in [2.05, 4.69) is 16.0 Å². The maximum Gasteiger partial charge on any atom is 0.408 e. The van der Waals surface area contributed by atoms with Gasteiger partial charge in [-0.1, -0.05) is 42.5 Å². The first-order valence-electron chi connectivity index (χ1n) is 32.2. The number of amides is 3. The predicted molar refractivity (Wildman–Crippen MR) is 363 cm³/mol. The predicted octanol–water partition coefficient (Wildman–Crippen LogP) is 13.6. The maximum atomic E-state index is 13.3. The van der Waals surface area contributed by atoms with E-state index in [-0.39, 0.29) is 58.3 Å². The lowest BCUT2D eigenvalue weighted by atomic mass is 10.0. The number of aromatic nitrogens is 2. The number of benzene rings is 4. The number of rotatable bonds is 24. The highest BCUT2D eigenvalue weighted by molar-refractivity contribution is 5.94. The first-order valence-corrected chi connectivity index (χ1v) is 32.2. The Hall–Kier alpha value is -9.61. The normalized spacial score (nSPS) is 13.1. The zero-order valence-corrected chi connectivity index (χ0v) is 59.0. The number of anilines is 3. The fraction of sp³-hybridized carbons (Fsp3) is 0.493. The molecule has 0 unspecified atom stereocenters. The number of hydrogen-bond acceptors (Lipinski definition) is 21. The van der Waals surface area contributed by atoms with Crippen LogP contribution in [-0.4, -0.2) is 116 Å². The molecule has 0 aliphatic rings. The summed E-state index contributed by atoms with van der Waals surface area (Å²) >= 11 is 0. The first-order chi connectivity index (χ1) is 44.9. The van der Waals surface area contributed by atoms with Gasteiger partial charge in [-0.15, -0.1) is 0 Å². The molecule has 3 N–H and O–H groups in total. The average molecular weight is 1340 g/mol. The lowest BCUT2D eigenvalue weighted by molar-refractivity contribution is -0.159. The van der Waals surface area contributed by atoms with Crippen LogP contribution in [0.1, 0.15) is 180 Å². The smallest absolute Gasteiger partial charge is 0.408 e. The molecule has 0 bridgehead atoms. The molecule has 524 valence electrons. The van der Waals surface area contributed by atoms with E-state index < -0.39 is 106 Å². The van der Waals surface area contributed by atoms with Crippen molar-refractivity contribution < 1.29 is 85.8 Å². The van der Waals surface area contributed by atoms with E-state index in [0.717, 1.165) is 21.5 Å². The van der Waals surface area contributed by atoms with Gasteiger partial charge in [0.1, 0.15) is 71.6 Å². The van der Waals surface area contributed by atoms with Gasteiger partial charge in [-0.2, -0.15) is 0 Å². The molecule has 24 heteroatoms. The van der Waals surface area contributed by atoms with E-state index in [1.54, 1.807) is 137 Å². The van der Waals surface area contributed by atoms with Gasteiger partial charge in [0, 0.05) is 47.1 Å². The third-order valence-electron chi connectivity index (χ3n) is 13.3. The molecule has 0 saturated carbocycles. The molecule has 0 fully saturated rings. The summed E-state index contributed by atoms with van der Waals surface area (Å²) in [7, 11) is 0. The van der Waals surface area contributed by atoms with Crippen molar-refractivity contribution in [2.75, 3.05) is 4.90 Å². The Morgan fingerprint density at radius 3 is 0.990 bits per heavy atom. The molecule has 0 saturated heterocycles. The van der Waals surface area contributed by atoms with Gasteiger partial charge in [0.2, 0.25) is 0 Å². The number of ether oxygens (including phenoxy) is 9. The Bertz CT molecular complexity index is 3450. The molecule has 2 heterocycles. The van der Waals surface area contributed by atoms with Gasteiger partial charge in [0.05, 0.1) is 22.4 Å². The second-order valence-electron chi connectivity index (χ2n) is 29.4. The molecule has 0 radical (unpaired) electrons. The van der Waals surface area contributed by atoms with Crippen LogP contribution in [0.15, 0.2) is 97.1 Å². The van der Waals surface area contributed by atoms with Crippen molar-refractivity contribution in [1.82, 2.24) is 25.9 Å². The molecule has 3 atom stereocenters.